The van der Waals surface area contributed by atoms with Gasteiger partial charge in [-0.3, -0.25) is 9.59 Å². The molecule has 0 saturated carbocycles. The second-order valence-electron chi connectivity index (χ2n) is 5.74. The molecule has 0 fully saturated rings. The van der Waals surface area contributed by atoms with E-state index in [1.54, 1.807) is 6.92 Å². The number of benzene rings is 2. The summed E-state index contributed by atoms with van der Waals surface area (Å²) < 4.78 is 4.34. The molecule has 4 nitrogen and oxygen atoms in total. The molecule has 0 aliphatic carbocycles. The van der Waals surface area contributed by atoms with Crippen molar-refractivity contribution in [3.8, 4) is 0 Å². The van der Waals surface area contributed by atoms with E-state index in [2.05, 4.69) is 5.32 Å². The van der Waals surface area contributed by atoms with E-state index in [9.17, 15) is 9.59 Å². The Labute approximate surface area is 153 Å². The van der Waals surface area contributed by atoms with Gasteiger partial charge in [-0.15, -0.1) is 11.8 Å². The molecule has 2 rings (SSSR count). The summed E-state index contributed by atoms with van der Waals surface area (Å²) in [5.41, 5.74) is 1.94. The molecule has 0 aliphatic rings. The lowest BCUT2D eigenvalue weighted by Crippen LogP contribution is -2.44. The maximum absolute atomic E-state index is 13.0. The molecule has 1 amide bonds. The van der Waals surface area contributed by atoms with Crippen molar-refractivity contribution < 1.29 is 14.3 Å². The van der Waals surface area contributed by atoms with E-state index in [1.807, 2.05) is 61.5 Å². The van der Waals surface area contributed by atoms with Crippen molar-refractivity contribution in [2.75, 3.05) is 13.2 Å². The third-order valence-corrected chi connectivity index (χ3v) is 5.15. The molecule has 2 aromatic rings. The number of ether oxygens (including phenoxy) is 1. The van der Waals surface area contributed by atoms with Gasteiger partial charge < -0.3 is 10.1 Å². The van der Waals surface area contributed by atoms with Crippen molar-refractivity contribution in [3.63, 3.8) is 0 Å². The number of aryl methyl sites for hydroxylation is 1. The fourth-order valence-corrected chi connectivity index (χ4v) is 3.66. The van der Waals surface area contributed by atoms with Crippen LogP contribution >= 0.6 is 11.8 Å². The Hall–Kier alpha value is -2.27. The van der Waals surface area contributed by atoms with Crippen LogP contribution in [0.3, 0.4) is 0 Å². The number of hydrogen-bond donors (Lipinski definition) is 1. The molecular weight excluding hydrogens is 334 g/mol. The Bertz CT molecular complexity index is 715. The minimum Gasteiger partial charge on any atom is -0.465 e. The van der Waals surface area contributed by atoms with Gasteiger partial charge in [0.2, 0.25) is 5.91 Å². The highest BCUT2D eigenvalue weighted by molar-refractivity contribution is 8.01. The number of nitrogens with one attached hydrogen (secondary N) is 1. The van der Waals surface area contributed by atoms with E-state index >= 15 is 0 Å². The smallest absolute Gasteiger partial charge is 0.328 e. The number of rotatable bonds is 7. The van der Waals surface area contributed by atoms with Crippen molar-refractivity contribution in [1.82, 2.24) is 5.32 Å². The topological polar surface area (TPSA) is 55.4 Å². The van der Waals surface area contributed by atoms with Crippen LogP contribution < -0.4 is 5.32 Å². The zero-order valence-corrected chi connectivity index (χ0v) is 15.6. The molecular formula is C20H23NO3S. The minimum absolute atomic E-state index is 0.156. The highest BCUT2D eigenvalue weighted by Gasteiger charge is 2.43. The fourth-order valence-electron chi connectivity index (χ4n) is 2.44. The molecule has 0 saturated heterocycles. The van der Waals surface area contributed by atoms with Gasteiger partial charge in [-0.05, 0) is 31.5 Å². The second kappa shape index (κ2) is 8.72. The lowest BCUT2D eigenvalue weighted by atomic mass is 9.98. The van der Waals surface area contributed by atoms with E-state index in [0.717, 1.165) is 16.0 Å². The summed E-state index contributed by atoms with van der Waals surface area (Å²) in [5.74, 6) is -0.547. The predicted molar refractivity (Wildman–Crippen MR) is 100 cm³/mol. The zero-order valence-electron chi connectivity index (χ0n) is 14.7. The van der Waals surface area contributed by atoms with Gasteiger partial charge >= 0.3 is 5.97 Å². The van der Waals surface area contributed by atoms with Crippen LogP contribution in [-0.2, 0) is 19.1 Å². The van der Waals surface area contributed by atoms with Crippen LogP contribution in [0.5, 0.6) is 0 Å². The molecule has 25 heavy (non-hydrogen) atoms. The fraction of sp³-hybridized carbons (Fsp3) is 0.300. The molecule has 0 aromatic heterocycles. The van der Waals surface area contributed by atoms with Crippen LogP contribution in [0.1, 0.15) is 25.0 Å². The maximum atomic E-state index is 13.0. The molecule has 0 aliphatic heterocycles. The van der Waals surface area contributed by atoms with Gasteiger partial charge in [0, 0.05) is 18.4 Å². The Morgan fingerprint density at radius 3 is 2.28 bits per heavy atom. The number of carbonyl (C=O) groups excluding carboxylic acids is 2. The maximum Gasteiger partial charge on any atom is 0.328 e. The first-order valence-electron chi connectivity index (χ1n) is 8.21. The van der Waals surface area contributed by atoms with E-state index in [-0.39, 0.29) is 25.0 Å². The lowest BCUT2D eigenvalue weighted by molar-refractivity contribution is -0.146. The summed E-state index contributed by atoms with van der Waals surface area (Å²) in [4.78, 5) is 25.4. The Morgan fingerprint density at radius 2 is 1.72 bits per heavy atom. The Kier molecular flexibility index (Phi) is 6.65. The average Bonchev–Trinajstić information content (AvgIpc) is 2.61. The van der Waals surface area contributed by atoms with Crippen molar-refractivity contribution in [2.24, 2.45) is 0 Å². The van der Waals surface area contributed by atoms with Gasteiger partial charge in [0.05, 0.1) is 6.61 Å². The number of amides is 1. The van der Waals surface area contributed by atoms with Crippen molar-refractivity contribution in [2.45, 2.75) is 30.4 Å². The van der Waals surface area contributed by atoms with Gasteiger partial charge in [-0.2, -0.15) is 0 Å². The van der Waals surface area contributed by atoms with Crippen LogP contribution in [0, 0.1) is 6.92 Å². The predicted octanol–water partition coefficient (Wildman–Crippen LogP) is 3.68. The van der Waals surface area contributed by atoms with Crippen LogP contribution in [0.15, 0.2) is 59.5 Å². The summed E-state index contributed by atoms with van der Waals surface area (Å²) in [6.07, 6.45) is 0. The second-order valence-corrected chi connectivity index (χ2v) is 7.11. The molecule has 0 radical (unpaired) electrons. The highest BCUT2D eigenvalue weighted by atomic mass is 32.2. The van der Waals surface area contributed by atoms with Gasteiger partial charge in [0.15, 0.2) is 4.75 Å². The molecule has 1 atom stereocenters. The third-order valence-electron chi connectivity index (χ3n) is 3.74. The molecule has 0 unspecified atom stereocenters. The standard InChI is InChI=1S/C20H23NO3S/c1-4-24-19(23)20(14-21-16(3)22,17-8-6-5-7-9-17)25-18-12-10-15(2)11-13-18/h5-13H,4,14H2,1-3H3,(H,21,22)/t20-/m1/s1. The van der Waals surface area contributed by atoms with Crippen molar-refractivity contribution in [3.05, 3.63) is 65.7 Å². The zero-order chi connectivity index (χ0) is 18.3. The number of hydrogen-bond acceptors (Lipinski definition) is 4. The highest BCUT2D eigenvalue weighted by Crippen LogP contribution is 2.42. The van der Waals surface area contributed by atoms with Gasteiger partial charge in [0.25, 0.3) is 0 Å². The third kappa shape index (κ3) is 4.86. The summed E-state index contributed by atoms with van der Waals surface area (Å²) in [5, 5.41) is 2.80. The summed E-state index contributed by atoms with van der Waals surface area (Å²) >= 11 is 1.40. The lowest BCUT2D eigenvalue weighted by Gasteiger charge is -2.31. The van der Waals surface area contributed by atoms with Crippen molar-refractivity contribution >= 4 is 23.6 Å². The molecule has 0 heterocycles. The quantitative estimate of drug-likeness (QED) is 0.607. The Morgan fingerprint density at radius 1 is 1.08 bits per heavy atom. The molecule has 1 N–H and O–H groups in total. The summed E-state index contributed by atoms with van der Waals surface area (Å²) in [7, 11) is 0. The first kappa shape index (κ1) is 19.1. The average molecular weight is 357 g/mol. The molecule has 5 heteroatoms. The first-order valence-corrected chi connectivity index (χ1v) is 9.02. The van der Waals surface area contributed by atoms with E-state index in [1.165, 1.54) is 18.7 Å². The first-order chi connectivity index (χ1) is 12.0. The number of carbonyl (C=O) groups is 2. The number of esters is 1. The molecule has 2 aromatic carbocycles. The Balaban J connectivity index is 2.50. The van der Waals surface area contributed by atoms with Crippen LogP contribution in [0.2, 0.25) is 0 Å². The van der Waals surface area contributed by atoms with E-state index in [0.29, 0.717) is 0 Å². The monoisotopic (exact) mass is 357 g/mol. The van der Waals surface area contributed by atoms with Crippen LogP contribution in [-0.4, -0.2) is 25.0 Å². The van der Waals surface area contributed by atoms with Gasteiger partial charge in [-0.1, -0.05) is 48.0 Å². The van der Waals surface area contributed by atoms with E-state index in [4.69, 9.17) is 4.74 Å². The summed E-state index contributed by atoms with van der Waals surface area (Å²) in [6, 6.07) is 17.4. The molecule has 132 valence electrons. The largest absolute Gasteiger partial charge is 0.465 e. The summed E-state index contributed by atoms with van der Waals surface area (Å²) in [6.45, 7) is 5.67. The molecule has 0 spiro atoms. The van der Waals surface area contributed by atoms with Gasteiger partial charge in [-0.25, -0.2) is 0 Å². The van der Waals surface area contributed by atoms with Crippen LogP contribution in [0.4, 0.5) is 0 Å². The molecule has 0 bridgehead atoms. The van der Waals surface area contributed by atoms with Gasteiger partial charge in [0.1, 0.15) is 0 Å². The number of thioether (sulfide) groups is 1. The van der Waals surface area contributed by atoms with Crippen molar-refractivity contribution in [1.29, 1.82) is 0 Å². The van der Waals surface area contributed by atoms with E-state index < -0.39 is 4.75 Å². The minimum atomic E-state index is -1.04. The normalized spacial score (nSPS) is 12.9. The van der Waals surface area contributed by atoms with Crippen LogP contribution in [0.25, 0.3) is 0 Å². The SMILES string of the molecule is CCOC(=O)[C@](CNC(C)=O)(Sc1ccc(C)cc1)c1ccccc1.